The molecule has 0 spiro atoms. The number of nitrogens with zero attached hydrogens (tertiary/aromatic N) is 1. The molecule has 0 bridgehead atoms. The average Bonchev–Trinajstić information content (AvgIpc) is 3.24. The normalized spacial score (nSPS) is 17.2. The van der Waals surface area contributed by atoms with E-state index in [0.717, 1.165) is 18.6 Å². The predicted octanol–water partition coefficient (Wildman–Crippen LogP) is 4.85. The Kier molecular flexibility index (Phi) is 7.72. The van der Waals surface area contributed by atoms with Gasteiger partial charge in [-0.2, -0.15) is 13.2 Å². The molecule has 1 saturated heterocycles. The Morgan fingerprint density at radius 1 is 1.24 bits per heavy atom. The highest BCUT2D eigenvalue weighted by atomic mass is 35.5. The highest BCUT2D eigenvalue weighted by Crippen LogP contribution is 2.35. The van der Waals surface area contributed by atoms with Crippen LogP contribution in [0.15, 0.2) is 36.5 Å². The molecular weight excluding hydrogens is 475 g/mol. The Morgan fingerprint density at radius 2 is 1.97 bits per heavy atom. The topological polar surface area (TPSA) is 89.5 Å². The number of hydrogen-bond donors (Lipinski definition) is 2. The second-order valence-corrected chi connectivity index (χ2v) is 9.17. The molecule has 0 saturated carbocycles. The van der Waals surface area contributed by atoms with Crippen LogP contribution >= 0.6 is 11.6 Å². The summed E-state index contributed by atoms with van der Waals surface area (Å²) in [7, 11) is 0. The number of alkyl halides is 3. The Morgan fingerprint density at radius 3 is 2.56 bits per heavy atom. The molecule has 7 nitrogen and oxygen atoms in total. The summed E-state index contributed by atoms with van der Waals surface area (Å²) in [6.45, 7) is 5.70. The Balaban J connectivity index is 1.93. The molecule has 184 valence electrons. The molecule has 11 heteroatoms. The number of nitrogens with one attached hydrogen (secondary N) is 2. The van der Waals surface area contributed by atoms with Gasteiger partial charge in [-0.3, -0.25) is 4.79 Å². The maximum absolute atomic E-state index is 13.6. The van der Waals surface area contributed by atoms with Crippen molar-refractivity contribution in [2.24, 2.45) is 0 Å². The number of esters is 1. The van der Waals surface area contributed by atoms with Gasteiger partial charge in [0.15, 0.2) is 0 Å². The number of pyridine rings is 1. The smallest absolute Gasteiger partial charge is 0.416 e. The molecule has 1 aromatic heterocycles. The number of aromatic nitrogens is 1. The zero-order chi connectivity index (χ0) is 25.1. The van der Waals surface area contributed by atoms with Crippen molar-refractivity contribution >= 4 is 29.2 Å². The summed E-state index contributed by atoms with van der Waals surface area (Å²) in [6, 6.07) is 5.19. The second-order valence-electron chi connectivity index (χ2n) is 8.81. The first-order valence-electron chi connectivity index (χ1n) is 10.6. The second kappa shape index (κ2) is 10.2. The molecule has 1 unspecified atom stereocenters. The van der Waals surface area contributed by atoms with Crippen molar-refractivity contribution in [3.63, 3.8) is 0 Å². The SMILES string of the molecule is CC(C)(C)OC(=O)[C@@H](Oc1cc(NC(=O)c2cccnc2Cl)cc(C(F)(F)F)c1)C1CCCN1. The van der Waals surface area contributed by atoms with E-state index in [1.807, 2.05) is 0 Å². The first-order valence-corrected chi connectivity index (χ1v) is 11.0. The fraction of sp³-hybridized carbons (Fsp3) is 0.435. The number of benzene rings is 1. The van der Waals surface area contributed by atoms with Gasteiger partial charge >= 0.3 is 12.1 Å². The van der Waals surface area contributed by atoms with E-state index in [4.69, 9.17) is 21.1 Å². The number of rotatable bonds is 6. The third kappa shape index (κ3) is 6.83. The van der Waals surface area contributed by atoms with Gasteiger partial charge < -0.3 is 20.1 Å². The summed E-state index contributed by atoms with van der Waals surface area (Å²) in [5, 5.41) is 5.41. The van der Waals surface area contributed by atoms with E-state index >= 15 is 0 Å². The first-order chi connectivity index (χ1) is 15.8. The van der Waals surface area contributed by atoms with Gasteiger partial charge in [-0.25, -0.2) is 9.78 Å². The number of ether oxygens (including phenoxy) is 2. The third-order valence-electron chi connectivity index (χ3n) is 4.86. The van der Waals surface area contributed by atoms with Gasteiger partial charge in [0, 0.05) is 18.0 Å². The molecule has 1 aliphatic heterocycles. The van der Waals surface area contributed by atoms with Crippen LogP contribution in [0, 0.1) is 0 Å². The lowest BCUT2D eigenvalue weighted by Gasteiger charge is -2.28. The maximum Gasteiger partial charge on any atom is 0.416 e. The lowest BCUT2D eigenvalue weighted by molar-refractivity contribution is -0.164. The zero-order valence-corrected chi connectivity index (χ0v) is 19.6. The molecule has 2 N–H and O–H groups in total. The monoisotopic (exact) mass is 499 g/mol. The minimum atomic E-state index is -4.72. The van der Waals surface area contributed by atoms with Crippen molar-refractivity contribution in [2.75, 3.05) is 11.9 Å². The van der Waals surface area contributed by atoms with Gasteiger partial charge in [-0.05, 0) is 64.4 Å². The molecule has 2 atom stereocenters. The summed E-state index contributed by atoms with van der Waals surface area (Å²) in [5.74, 6) is -1.69. The standard InChI is InChI=1S/C23H25ClF3N3O4/c1-22(2,3)34-21(32)18(17-7-5-8-28-17)33-15-11-13(23(25,26)27)10-14(12-15)30-20(31)16-6-4-9-29-19(16)24/h4,6,9-12,17-18,28H,5,7-8H2,1-3H3,(H,30,31)/t17?,18-/m0/s1. The molecule has 0 aliphatic carbocycles. The number of halogens is 4. The van der Waals surface area contributed by atoms with Crippen molar-refractivity contribution in [3.8, 4) is 5.75 Å². The maximum atomic E-state index is 13.6. The predicted molar refractivity (Wildman–Crippen MR) is 120 cm³/mol. The summed E-state index contributed by atoms with van der Waals surface area (Å²) in [6.07, 6.45) is -3.16. The molecule has 3 rings (SSSR count). The van der Waals surface area contributed by atoms with Crippen molar-refractivity contribution in [1.29, 1.82) is 0 Å². The van der Waals surface area contributed by atoms with E-state index in [1.54, 1.807) is 20.8 Å². The quantitative estimate of drug-likeness (QED) is 0.436. The minimum Gasteiger partial charge on any atom is -0.477 e. The first kappa shape index (κ1) is 25.8. The summed E-state index contributed by atoms with van der Waals surface area (Å²) >= 11 is 5.91. The molecule has 34 heavy (non-hydrogen) atoms. The third-order valence-corrected chi connectivity index (χ3v) is 5.16. The van der Waals surface area contributed by atoms with E-state index in [0.29, 0.717) is 13.0 Å². The van der Waals surface area contributed by atoms with Gasteiger partial charge in [0.1, 0.15) is 16.5 Å². The largest absolute Gasteiger partial charge is 0.477 e. The number of anilines is 1. The molecule has 1 aliphatic rings. The average molecular weight is 500 g/mol. The fourth-order valence-electron chi connectivity index (χ4n) is 3.43. The van der Waals surface area contributed by atoms with E-state index in [-0.39, 0.29) is 22.2 Å². The van der Waals surface area contributed by atoms with Crippen molar-refractivity contribution in [3.05, 3.63) is 52.8 Å². The zero-order valence-electron chi connectivity index (χ0n) is 18.8. The van der Waals surface area contributed by atoms with Gasteiger partial charge in [-0.15, -0.1) is 0 Å². The van der Waals surface area contributed by atoms with Crippen LogP contribution in [-0.4, -0.2) is 41.2 Å². The Hall–Kier alpha value is -2.85. The lowest BCUT2D eigenvalue weighted by Crippen LogP contribution is -2.47. The van der Waals surface area contributed by atoms with Crippen LogP contribution in [0.3, 0.4) is 0 Å². The fourth-order valence-corrected chi connectivity index (χ4v) is 3.63. The molecular formula is C23H25ClF3N3O4. The molecule has 2 heterocycles. The molecule has 2 aromatic rings. The van der Waals surface area contributed by atoms with Gasteiger partial charge in [-0.1, -0.05) is 11.6 Å². The number of carbonyl (C=O) groups excluding carboxylic acids is 2. The lowest BCUT2D eigenvalue weighted by atomic mass is 10.1. The minimum absolute atomic E-state index is 0.00849. The van der Waals surface area contributed by atoms with Crippen LogP contribution in [0.2, 0.25) is 5.15 Å². The van der Waals surface area contributed by atoms with Crippen LogP contribution in [0.1, 0.15) is 49.5 Å². The van der Waals surface area contributed by atoms with E-state index < -0.39 is 41.4 Å². The van der Waals surface area contributed by atoms with Crippen LogP contribution in [-0.2, 0) is 15.7 Å². The summed E-state index contributed by atoms with van der Waals surface area (Å²) < 4.78 is 52.0. The molecule has 1 amide bonds. The van der Waals surface area contributed by atoms with Crippen molar-refractivity contribution < 1.29 is 32.2 Å². The number of hydrogen-bond acceptors (Lipinski definition) is 6. The van der Waals surface area contributed by atoms with Crippen molar-refractivity contribution in [2.45, 2.75) is 57.5 Å². The summed E-state index contributed by atoms with van der Waals surface area (Å²) in [5.41, 5.74) is -2.06. The number of amides is 1. The van der Waals surface area contributed by atoms with E-state index in [2.05, 4.69) is 15.6 Å². The van der Waals surface area contributed by atoms with E-state index in [9.17, 15) is 22.8 Å². The van der Waals surface area contributed by atoms with Crippen LogP contribution in [0.5, 0.6) is 5.75 Å². The highest BCUT2D eigenvalue weighted by Gasteiger charge is 2.37. The van der Waals surface area contributed by atoms with Gasteiger partial charge in [0.05, 0.1) is 17.2 Å². The highest BCUT2D eigenvalue weighted by molar-refractivity contribution is 6.33. The molecule has 1 fully saturated rings. The van der Waals surface area contributed by atoms with E-state index in [1.165, 1.54) is 24.4 Å². The van der Waals surface area contributed by atoms with Crippen molar-refractivity contribution in [1.82, 2.24) is 10.3 Å². The van der Waals surface area contributed by atoms with Crippen LogP contribution < -0.4 is 15.4 Å². The van der Waals surface area contributed by atoms with Gasteiger partial charge in [0.25, 0.3) is 5.91 Å². The molecule has 1 aromatic carbocycles. The van der Waals surface area contributed by atoms with Gasteiger partial charge in [0.2, 0.25) is 6.10 Å². The van der Waals surface area contributed by atoms with Crippen LogP contribution in [0.4, 0.5) is 18.9 Å². The Bertz CT molecular complexity index is 1050. The Labute approximate surface area is 200 Å². The number of carbonyl (C=O) groups is 2. The summed E-state index contributed by atoms with van der Waals surface area (Å²) in [4.78, 5) is 29.2. The molecule has 0 radical (unpaired) electrons. The van der Waals surface area contributed by atoms with Crippen LogP contribution in [0.25, 0.3) is 0 Å².